The Morgan fingerprint density at radius 2 is 2.47 bits per heavy atom. The van der Waals surface area contributed by atoms with E-state index in [0.717, 1.165) is 25.2 Å². The first-order valence-electron chi connectivity index (χ1n) is 5.90. The fourth-order valence-corrected chi connectivity index (χ4v) is 3.05. The van der Waals surface area contributed by atoms with Gasteiger partial charge in [0.25, 0.3) is 0 Å². The second-order valence-electron chi connectivity index (χ2n) is 4.43. The molecular weight excluding hydrogens is 266 g/mol. The van der Waals surface area contributed by atoms with Crippen molar-refractivity contribution in [3.05, 3.63) is 16.4 Å². The van der Waals surface area contributed by atoms with Crippen molar-refractivity contribution in [1.29, 1.82) is 0 Å². The lowest BCUT2D eigenvalue weighted by Crippen LogP contribution is -2.25. The highest BCUT2D eigenvalue weighted by Crippen LogP contribution is 2.27. The van der Waals surface area contributed by atoms with Crippen LogP contribution < -0.4 is 5.32 Å². The summed E-state index contributed by atoms with van der Waals surface area (Å²) >= 11 is 1.53. The molecule has 0 bridgehead atoms. The van der Waals surface area contributed by atoms with Gasteiger partial charge >= 0.3 is 0 Å². The van der Waals surface area contributed by atoms with E-state index in [1.165, 1.54) is 16.2 Å². The van der Waals surface area contributed by atoms with Gasteiger partial charge in [0.15, 0.2) is 11.0 Å². The minimum Gasteiger partial charge on any atom is -0.302 e. The van der Waals surface area contributed by atoms with Crippen molar-refractivity contribution in [3.63, 3.8) is 0 Å². The van der Waals surface area contributed by atoms with Crippen LogP contribution in [0.2, 0.25) is 0 Å². The summed E-state index contributed by atoms with van der Waals surface area (Å²) < 4.78 is 0. The Hall–Kier alpha value is -1.87. The zero-order valence-corrected chi connectivity index (χ0v) is 11.2. The lowest BCUT2D eigenvalue weighted by atomic mass is 10.2. The van der Waals surface area contributed by atoms with Crippen molar-refractivity contribution < 1.29 is 4.79 Å². The first-order chi connectivity index (χ1) is 9.20. The highest BCUT2D eigenvalue weighted by molar-refractivity contribution is 7.15. The van der Waals surface area contributed by atoms with E-state index in [4.69, 9.17) is 0 Å². The summed E-state index contributed by atoms with van der Waals surface area (Å²) in [5.41, 5.74) is 1.10. The normalized spacial score (nSPS) is 15.2. The number of rotatable bonds is 3. The van der Waals surface area contributed by atoms with Crippen LogP contribution in [0.3, 0.4) is 0 Å². The van der Waals surface area contributed by atoms with Gasteiger partial charge in [-0.25, -0.2) is 4.98 Å². The zero-order valence-electron chi connectivity index (χ0n) is 10.4. The molecule has 19 heavy (non-hydrogen) atoms. The third-order valence-electron chi connectivity index (χ3n) is 2.88. The second-order valence-corrected chi connectivity index (χ2v) is 5.51. The number of aromatic nitrogens is 5. The van der Waals surface area contributed by atoms with Gasteiger partial charge in [-0.1, -0.05) is 5.21 Å². The fourth-order valence-electron chi connectivity index (χ4n) is 1.94. The summed E-state index contributed by atoms with van der Waals surface area (Å²) in [7, 11) is 2.08. The van der Waals surface area contributed by atoms with Gasteiger partial charge in [0.2, 0.25) is 5.91 Å². The van der Waals surface area contributed by atoms with Gasteiger partial charge in [0.1, 0.15) is 0 Å². The summed E-state index contributed by atoms with van der Waals surface area (Å²) in [4.78, 5) is 19.7. The first kappa shape index (κ1) is 12.2. The molecule has 0 aromatic carbocycles. The molecule has 1 aliphatic heterocycles. The first-order valence-corrected chi connectivity index (χ1v) is 6.71. The molecular formula is C10H13N7OS. The van der Waals surface area contributed by atoms with Crippen LogP contribution in [0, 0.1) is 0 Å². The van der Waals surface area contributed by atoms with E-state index in [0.29, 0.717) is 11.0 Å². The Labute approximate surface area is 113 Å². The van der Waals surface area contributed by atoms with Gasteiger partial charge in [-0.2, -0.15) is 5.21 Å². The maximum Gasteiger partial charge on any atom is 0.233 e. The standard InChI is InChI=1S/C10H13N7OS/c1-17-3-2-6-7(5-17)19-10(11-6)12-9(18)4-8-13-15-16-14-8/h2-5H2,1H3,(H,11,12,18)(H,13,14,15,16). The maximum absolute atomic E-state index is 11.8. The van der Waals surface area contributed by atoms with Crippen LogP contribution in [0.5, 0.6) is 0 Å². The average molecular weight is 279 g/mol. The van der Waals surface area contributed by atoms with Crippen molar-refractivity contribution in [2.24, 2.45) is 0 Å². The van der Waals surface area contributed by atoms with Crippen molar-refractivity contribution >= 4 is 22.4 Å². The molecule has 0 saturated heterocycles. The van der Waals surface area contributed by atoms with Gasteiger partial charge < -0.3 is 10.2 Å². The number of nitrogens with zero attached hydrogens (tertiary/aromatic N) is 5. The Morgan fingerprint density at radius 3 is 3.26 bits per heavy atom. The number of H-pyrrole nitrogens is 1. The molecule has 2 aromatic rings. The quantitative estimate of drug-likeness (QED) is 0.809. The lowest BCUT2D eigenvalue weighted by Gasteiger charge is -2.20. The lowest BCUT2D eigenvalue weighted by molar-refractivity contribution is -0.115. The molecule has 0 aliphatic carbocycles. The summed E-state index contributed by atoms with van der Waals surface area (Å²) in [6.45, 7) is 1.90. The fraction of sp³-hybridized carbons (Fsp3) is 0.500. The van der Waals surface area contributed by atoms with Gasteiger partial charge in [-0.05, 0) is 7.05 Å². The Kier molecular flexibility index (Phi) is 3.22. The van der Waals surface area contributed by atoms with Crippen LogP contribution in [-0.2, 0) is 24.2 Å². The highest BCUT2D eigenvalue weighted by atomic mass is 32.1. The molecule has 0 unspecified atom stereocenters. The number of nitrogens with one attached hydrogen (secondary N) is 2. The molecule has 2 N–H and O–H groups in total. The van der Waals surface area contributed by atoms with Crippen LogP contribution in [0.25, 0.3) is 0 Å². The number of hydrogen-bond acceptors (Lipinski definition) is 7. The van der Waals surface area contributed by atoms with E-state index in [1.807, 2.05) is 0 Å². The largest absolute Gasteiger partial charge is 0.302 e. The molecule has 0 saturated carbocycles. The number of likely N-dealkylation sites (N-methyl/N-ethyl adjacent to an activating group) is 1. The van der Waals surface area contributed by atoms with E-state index in [-0.39, 0.29) is 12.3 Å². The minimum atomic E-state index is -0.180. The second kappa shape index (κ2) is 5.02. The summed E-state index contributed by atoms with van der Waals surface area (Å²) in [5, 5.41) is 16.6. The Morgan fingerprint density at radius 1 is 1.58 bits per heavy atom. The average Bonchev–Trinajstić information content (AvgIpc) is 2.97. The van der Waals surface area contributed by atoms with Gasteiger partial charge in [-0.3, -0.25) is 4.79 Å². The highest BCUT2D eigenvalue weighted by Gasteiger charge is 2.19. The summed E-state index contributed by atoms with van der Waals surface area (Å²) in [6, 6.07) is 0. The predicted molar refractivity (Wildman–Crippen MR) is 68.7 cm³/mol. The third kappa shape index (κ3) is 2.76. The number of anilines is 1. The number of hydrogen-bond donors (Lipinski definition) is 2. The smallest absolute Gasteiger partial charge is 0.233 e. The number of fused-ring (bicyclic) bond motifs is 1. The molecule has 0 atom stereocenters. The molecule has 2 aromatic heterocycles. The van der Waals surface area contributed by atoms with Gasteiger partial charge in [-0.15, -0.1) is 21.5 Å². The molecule has 8 nitrogen and oxygen atoms in total. The number of thiazole rings is 1. The minimum absolute atomic E-state index is 0.0979. The van der Waals surface area contributed by atoms with Crippen LogP contribution in [0.4, 0.5) is 5.13 Å². The zero-order chi connectivity index (χ0) is 13.2. The Balaban J connectivity index is 1.65. The van der Waals surface area contributed by atoms with Crippen LogP contribution >= 0.6 is 11.3 Å². The number of amides is 1. The van der Waals surface area contributed by atoms with Crippen molar-refractivity contribution in [1.82, 2.24) is 30.5 Å². The van der Waals surface area contributed by atoms with Crippen molar-refractivity contribution in [2.75, 3.05) is 18.9 Å². The summed E-state index contributed by atoms with van der Waals surface area (Å²) in [5.74, 6) is 0.194. The summed E-state index contributed by atoms with van der Waals surface area (Å²) in [6.07, 6.45) is 1.03. The van der Waals surface area contributed by atoms with E-state index >= 15 is 0 Å². The van der Waals surface area contributed by atoms with E-state index in [9.17, 15) is 4.79 Å². The van der Waals surface area contributed by atoms with E-state index < -0.39 is 0 Å². The SMILES string of the molecule is CN1CCc2nc(NC(=O)Cc3nn[nH]n3)sc2C1. The van der Waals surface area contributed by atoms with Gasteiger partial charge in [0, 0.05) is 24.4 Å². The van der Waals surface area contributed by atoms with E-state index in [2.05, 4.69) is 42.9 Å². The molecule has 1 amide bonds. The molecule has 9 heteroatoms. The molecule has 0 fully saturated rings. The van der Waals surface area contributed by atoms with Gasteiger partial charge in [0.05, 0.1) is 12.1 Å². The molecule has 0 spiro atoms. The predicted octanol–water partition coefficient (Wildman–Crippen LogP) is -0.175. The maximum atomic E-state index is 11.8. The Bertz CT molecular complexity index is 579. The third-order valence-corrected chi connectivity index (χ3v) is 3.87. The molecule has 100 valence electrons. The molecule has 3 rings (SSSR count). The van der Waals surface area contributed by atoms with Crippen molar-refractivity contribution in [3.8, 4) is 0 Å². The molecule has 0 radical (unpaired) electrons. The number of tetrazole rings is 1. The van der Waals surface area contributed by atoms with Crippen LogP contribution in [-0.4, -0.2) is 50.0 Å². The molecule has 3 heterocycles. The van der Waals surface area contributed by atoms with Crippen LogP contribution in [0.15, 0.2) is 0 Å². The number of aromatic amines is 1. The van der Waals surface area contributed by atoms with Crippen LogP contribution in [0.1, 0.15) is 16.4 Å². The van der Waals surface area contributed by atoms with E-state index in [1.54, 1.807) is 0 Å². The number of carbonyl (C=O) groups is 1. The monoisotopic (exact) mass is 279 g/mol. The van der Waals surface area contributed by atoms with Crippen molar-refractivity contribution in [2.45, 2.75) is 19.4 Å². The topological polar surface area (TPSA) is 99.7 Å². The number of carbonyl (C=O) groups excluding carboxylic acids is 1. The molecule has 1 aliphatic rings.